The van der Waals surface area contributed by atoms with E-state index in [4.69, 9.17) is 41.8 Å². The largest absolute Gasteiger partial charge is 0.486 e. The molecule has 2 aromatic heterocycles. The van der Waals surface area contributed by atoms with Crippen molar-refractivity contribution in [3.8, 4) is 17.2 Å². The number of ether oxygens (including phenoxy) is 3. The number of carbonyl (C=O) groups excluding carboxylic acids is 1. The van der Waals surface area contributed by atoms with E-state index in [0.717, 1.165) is 5.56 Å². The van der Waals surface area contributed by atoms with Crippen molar-refractivity contribution >= 4 is 50.9 Å². The number of carbonyl (C=O) groups is 1. The van der Waals surface area contributed by atoms with Crippen LogP contribution in [0.1, 0.15) is 21.9 Å². The number of nitrogens with zero attached hydrogens (tertiary/aromatic N) is 2. The third-order valence-corrected chi connectivity index (χ3v) is 6.21. The quantitative estimate of drug-likeness (QED) is 0.289. The number of benzene rings is 2. The molecule has 0 saturated carbocycles. The SMILES string of the molecule is O=C(Nc1nn(Cc2ccc(Cl)c(Cl)c2)cc1Br)c1ccc(COc2ccc3c(c2)OCO3)o1. The van der Waals surface area contributed by atoms with Crippen LogP contribution in [-0.4, -0.2) is 22.5 Å². The van der Waals surface area contributed by atoms with Gasteiger partial charge in [0, 0.05) is 12.3 Å². The molecule has 0 aliphatic carbocycles. The van der Waals surface area contributed by atoms with E-state index in [9.17, 15) is 4.79 Å². The summed E-state index contributed by atoms with van der Waals surface area (Å²) in [6, 6.07) is 13.9. The van der Waals surface area contributed by atoms with Crippen molar-refractivity contribution in [3.05, 3.63) is 86.3 Å². The fourth-order valence-electron chi connectivity index (χ4n) is 3.26. The van der Waals surface area contributed by atoms with Gasteiger partial charge in [0.2, 0.25) is 6.79 Å². The Balaban J connectivity index is 1.20. The number of amides is 1. The predicted octanol–water partition coefficient (Wildman–Crippen LogP) is 6.15. The van der Waals surface area contributed by atoms with Crippen molar-refractivity contribution in [1.82, 2.24) is 9.78 Å². The Morgan fingerprint density at radius 3 is 2.79 bits per heavy atom. The lowest BCUT2D eigenvalue weighted by Gasteiger charge is -2.05. The summed E-state index contributed by atoms with van der Waals surface area (Å²) in [6.45, 7) is 0.793. The molecule has 5 rings (SSSR count). The number of rotatable bonds is 7. The molecule has 174 valence electrons. The molecule has 0 saturated heterocycles. The molecule has 0 fully saturated rings. The molecule has 0 unspecified atom stereocenters. The maximum Gasteiger partial charge on any atom is 0.292 e. The van der Waals surface area contributed by atoms with Crippen LogP contribution in [0.15, 0.2) is 63.6 Å². The second kappa shape index (κ2) is 9.61. The Morgan fingerprint density at radius 1 is 1.09 bits per heavy atom. The molecule has 1 aliphatic rings. The Hall–Kier alpha value is -3.14. The average Bonchev–Trinajstić information content (AvgIpc) is 3.55. The zero-order valence-electron chi connectivity index (χ0n) is 17.4. The summed E-state index contributed by atoms with van der Waals surface area (Å²) in [5.41, 5.74) is 0.917. The van der Waals surface area contributed by atoms with E-state index in [0.29, 0.717) is 49.9 Å². The molecule has 1 aliphatic heterocycles. The Kier molecular flexibility index (Phi) is 6.40. The van der Waals surface area contributed by atoms with E-state index in [1.807, 2.05) is 6.07 Å². The predicted molar refractivity (Wildman–Crippen MR) is 129 cm³/mol. The summed E-state index contributed by atoms with van der Waals surface area (Å²) < 4.78 is 24.3. The first kappa shape index (κ1) is 22.6. The highest BCUT2D eigenvalue weighted by Gasteiger charge is 2.17. The second-order valence-electron chi connectivity index (χ2n) is 7.30. The summed E-state index contributed by atoms with van der Waals surface area (Å²) in [7, 11) is 0. The number of hydrogen-bond acceptors (Lipinski definition) is 6. The van der Waals surface area contributed by atoms with Crippen LogP contribution in [0.2, 0.25) is 10.0 Å². The van der Waals surface area contributed by atoms with Crippen LogP contribution in [-0.2, 0) is 13.2 Å². The molecule has 34 heavy (non-hydrogen) atoms. The van der Waals surface area contributed by atoms with Crippen LogP contribution < -0.4 is 19.5 Å². The number of nitrogens with one attached hydrogen (secondary N) is 1. The van der Waals surface area contributed by atoms with Crippen molar-refractivity contribution in [2.24, 2.45) is 0 Å². The van der Waals surface area contributed by atoms with Crippen LogP contribution in [0.3, 0.4) is 0 Å². The van der Waals surface area contributed by atoms with Gasteiger partial charge in [0.1, 0.15) is 18.1 Å². The molecular weight excluding hydrogens is 549 g/mol. The van der Waals surface area contributed by atoms with Crippen molar-refractivity contribution in [3.63, 3.8) is 0 Å². The molecule has 0 bridgehead atoms. The van der Waals surface area contributed by atoms with Gasteiger partial charge >= 0.3 is 0 Å². The summed E-state index contributed by atoms with van der Waals surface area (Å²) in [5, 5.41) is 8.10. The molecule has 3 heterocycles. The van der Waals surface area contributed by atoms with Crippen LogP contribution in [0.4, 0.5) is 5.82 Å². The van der Waals surface area contributed by atoms with Crippen LogP contribution in [0.5, 0.6) is 17.2 Å². The van der Waals surface area contributed by atoms with Gasteiger partial charge in [0.15, 0.2) is 23.1 Å². The third-order valence-electron chi connectivity index (χ3n) is 4.89. The van der Waals surface area contributed by atoms with Gasteiger partial charge in [0.05, 0.1) is 21.1 Å². The molecular formula is C23H16BrCl2N3O5. The van der Waals surface area contributed by atoms with Gasteiger partial charge in [-0.15, -0.1) is 0 Å². The molecule has 11 heteroatoms. The van der Waals surface area contributed by atoms with Crippen LogP contribution >= 0.6 is 39.1 Å². The van der Waals surface area contributed by atoms with Gasteiger partial charge in [-0.2, -0.15) is 5.10 Å². The second-order valence-corrected chi connectivity index (χ2v) is 8.96. The molecule has 1 N–H and O–H groups in total. The minimum absolute atomic E-state index is 0.134. The normalized spacial score (nSPS) is 12.1. The van der Waals surface area contributed by atoms with Crippen molar-refractivity contribution in [1.29, 1.82) is 0 Å². The Labute approximate surface area is 212 Å². The van der Waals surface area contributed by atoms with E-state index in [1.165, 1.54) is 0 Å². The summed E-state index contributed by atoms with van der Waals surface area (Å²) in [4.78, 5) is 12.7. The van der Waals surface area contributed by atoms with E-state index in [-0.39, 0.29) is 19.2 Å². The maximum atomic E-state index is 12.7. The first-order valence-corrected chi connectivity index (χ1v) is 11.6. The molecule has 0 spiro atoms. The first-order valence-electron chi connectivity index (χ1n) is 10.0. The molecule has 0 radical (unpaired) electrons. The first-order chi connectivity index (χ1) is 16.4. The minimum atomic E-state index is -0.435. The summed E-state index contributed by atoms with van der Waals surface area (Å²) in [5.74, 6) is 2.45. The van der Waals surface area contributed by atoms with E-state index in [1.54, 1.807) is 53.3 Å². The highest BCUT2D eigenvalue weighted by Crippen LogP contribution is 2.35. The van der Waals surface area contributed by atoms with Crippen molar-refractivity contribution < 1.29 is 23.4 Å². The standard InChI is InChI=1S/C23H16BrCl2N3O5/c24-16-10-29(9-13-1-4-17(25)18(26)7-13)28-22(16)27-23(30)20-6-3-15(34-20)11-31-14-2-5-19-21(8-14)33-12-32-19/h1-8,10H,9,11-12H2,(H,27,28,30). The summed E-state index contributed by atoms with van der Waals surface area (Å²) >= 11 is 15.5. The monoisotopic (exact) mass is 563 g/mol. The third kappa shape index (κ3) is 5.01. The molecule has 8 nitrogen and oxygen atoms in total. The maximum absolute atomic E-state index is 12.7. The van der Waals surface area contributed by atoms with E-state index in [2.05, 4.69) is 26.3 Å². The van der Waals surface area contributed by atoms with E-state index >= 15 is 0 Å². The molecule has 4 aromatic rings. The number of aromatic nitrogens is 2. The topological polar surface area (TPSA) is 87.8 Å². The average molecular weight is 565 g/mol. The zero-order valence-corrected chi connectivity index (χ0v) is 20.5. The van der Waals surface area contributed by atoms with Crippen molar-refractivity contribution in [2.45, 2.75) is 13.2 Å². The van der Waals surface area contributed by atoms with Crippen LogP contribution in [0, 0.1) is 0 Å². The Bertz CT molecular complexity index is 1370. The highest BCUT2D eigenvalue weighted by molar-refractivity contribution is 9.10. The molecule has 1 amide bonds. The van der Waals surface area contributed by atoms with Gasteiger partial charge in [0.25, 0.3) is 5.91 Å². The lowest BCUT2D eigenvalue weighted by atomic mass is 10.2. The van der Waals surface area contributed by atoms with E-state index < -0.39 is 5.91 Å². The fourth-order valence-corrected chi connectivity index (χ4v) is 3.99. The van der Waals surface area contributed by atoms with Gasteiger partial charge in [-0.05, 0) is 57.9 Å². The zero-order chi connectivity index (χ0) is 23.7. The van der Waals surface area contributed by atoms with Crippen molar-refractivity contribution in [2.75, 3.05) is 12.1 Å². The Morgan fingerprint density at radius 2 is 1.94 bits per heavy atom. The number of anilines is 1. The minimum Gasteiger partial charge on any atom is -0.486 e. The fraction of sp³-hybridized carbons (Fsp3) is 0.130. The summed E-state index contributed by atoms with van der Waals surface area (Å²) in [6.07, 6.45) is 1.75. The van der Waals surface area contributed by atoms with Gasteiger partial charge in [-0.1, -0.05) is 29.3 Å². The van der Waals surface area contributed by atoms with Gasteiger partial charge < -0.3 is 23.9 Å². The van der Waals surface area contributed by atoms with Crippen LogP contribution in [0.25, 0.3) is 0 Å². The number of fused-ring (bicyclic) bond motifs is 1. The lowest BCUT2D eigenvalue weighted by molar-refractivity contribution is 0.0992. The number of halogens is 3. The highest BCUT2D eigenvalue weighted by atomic mass is 79.9. The number of furan rings is 1. The lowest BCUT2D eigenvalue weighted by Crippen LogP contribution is -2.12. The number of hydrogen-bond donors (Lipinski definition) is 1. The van der Waals surface area contributed by atoms with Gasteiger partial charge in [-0.25, -0.2) is 0 Å². The molecule has 0 atom stereocenters. The molecule has 2 aromatic carbocycles. The van der Waals surface area contributed by atoms with Gasteiger partial charge in [-0.3, -0.25) is 9.48 Å². The smallest absolute Gasteiger partial charge is 0.292 e.